The van der Waals surface area contributed by atoms with Gasteiger partial charge >= 0.3 is 0 Å². The number of allylic oxidation sites excluding steroid dienone is 1. The first-order valence-corrected chi connectivity index (χ1v) is 9.14. The molecule has 2 heterocycles. The Morgan fingerprint density at radius 3 is 2.88 bits per heavy atom. The van der Waals surface area contributed by atoms with Crippen LogP contribution in [0.1, 0.15) is 49.6 Å². The van der Waals surface area contributed by atoms with Crippen molar-refractivity contribution in [2.75, 3.05) is 5.73 Å². The van der Waals surface area contributed by atoms with E-state index in [1.807, 2.05) is 6.07 Å². The average molecular weight is 332 g/mol. The molecule has 2 aromatic heterocycles. The molecule has 0 spiro atoms. The summed E-state index contributed by atoms with van der Waals surface area (Å²) in [7, 11) is 0. The molecule has 0 atom stereocenters. The summed E-state index contributed by atoms with van der Waals surface area (Å²) in [6, 6.07) is 10.5. The molecule has 1 aromatic carbocycles. The third-order valence-corrected chi connectivity index (χ3v) is 4.94. The van der Waals surface area contributed by atoms with Crippen LogP contribution in [0.2, 0.25) is 0 Å². The van der Waals surface area contributed by atoms with Gasteiger partial charge in [-0.05, 0) is 37.3 Å². The second-order valence-electron chi connectivity index (χ2n) is 6.86. The highest BCUT2D eigenvalue weighted by molar-refractivity contribution is 5.91. The molecule has 0 aliphatic heterocycles. The number of nitrogens with two attached hydrogens (primary N) is 1. The van der Waals surface area contributed by atoms with Crippen molar-refractivity contribution in [3.05, 3.63) is 59.7 Å². The van der Waals surface area contributed by atoms with Crippen LogP contribution in [-0.2, 0) is 6.42 Å². The highest BCUT2D eigenvalue weighted by Crippen LogP contribution is 2.36. The number of aromatic amines is 1. The van der Waals surface area contributed by atoms with Crippen molar-refractivity contribution in [2.45, 2.75) is 39.0 Å². The first-order valence-electron chi connectivity index (χ1n) is 9.14. The third kappa shape index (κ3) is 3.29. The van der Waals surface area contributed by atoms with Gasteiger partial charge in [0.2, 0.25) is 0 Å². The fourth-order valence-corrected chi connectivity index (χ4v) is 3.44. The number of aryl methyl sites for hydroxylation is 1. The predicted octanol–water partition coefficient (Wildman–Crippen LogP) is 4.72. The number of benzene rings is 1. The third-order valence-electron chi connectivity index (χ3n) is 4.94. The van der Waals surface area contributed by atoms with Crippen LogP contribution in [-0.4, -0.2) is 15.0 Å². The number of nitrogens with one attached hydrogen (secondary N) is 1. The lowest BCUT2D eigenvalue weighted by Gasteiger charge is -2.13. The Balaban J connectivity index is 1.79. The maximum atomic E-state index is 6.30. The molecule has 0 radical (unpaired) electrons. The molecule has 1 aliphatic rings. The summed E-state index contributed by atoms with van der Waals surface area (Å²) in [5.74, 6) is 1.44. The van der Waals surface area contributed by atoms with E-state index in [4.69, 9.17) is 5.73 Å². The normalized spacial score (nSPS) is 15.0. The molecule has 0 bridgehead atoms. The van der Waals surface area contributed by atoms with Gasteiger partial charge in [0.1, 0.15) is 12.1 Å². The van der Waals surface area contributed by atoms with E-state index in [2.05, 4.69) is 52.2 Å². The maximum Gasteiger partial charge on any atom is 0.135 e. The molecule has 0 saturated heterocycles. The van der Waals surface area contributed by atoms with E-state index in [0.29, 0.717) is 5.82 Å². The van der Waals surface area contributed by atoms with Gasteiger partial charge in [0.05, 0.1) is 5.69 Å². The number of nitrogens with zero attached hydrogens (tertiary/aromatic N) is 2. The highest BCUT2D eigenvalue weighted by Gasteiger charge is 2.23. The van der Waals surface area contributed by atoms with Gasteiger partial charge in [-0.2, -0.15) is 0 Å². The van der Waals surface area contributed by atoms with Gasteiger partial charge in [0, 0.05) is 27.7 Å². The molecule has 3 N–H and O–H groups in total. The minimum absolute atomic E-state index is 0.569. The van der Waals surface area contributed by atoms with Crippen LogP contribution >= 0.6 is 0 Å². The van der Waals surface area contributed by atoms with Crippen LogP contribution in [0.25, 0.3) is 16.5 Å². The number of para-hydroxylation sites is 1. The standard InChI is InChI=1S/C21H24N4/c1-2-5-16(19-12-15-6-3-4-7-17(15)25-19)20-18(11-10-14-8-9-14)23-13-24-21(20)22/h3-7,12-14,25H,2,8-11H2,1H3,(H2,22,23,24)/b16-5-. The molecule has 128 valence electrons. The first-order chi connectivity index (χ1) is 12.3. The molecule has 0 unspecified atom stereocenters. The largest absolute Gasteiger partial charge is 0.383 e. The van der Waals surface area contributed by atoms with Crippen LogP contribution in [0.3, 0.4) is 0 Å². The number of aromatic nitrogens is 3. The van der Waals surface area contributed by atoms with Crippen molar-refractivity contribution in [2.24, 2.45) is 5.92 Å². The zero-order valence-corrected chi connectivity index (χ0v) is 14.6. The van der Waals surface area contributed by atoms with Gasteiger partial charge in [0.15, 0.2) is 0 Å². The Kier molecular flexibility index (Phi) is 4.26. The molecule has 4 rings (SSSR count). The molecule has 1 saturated carbocycles. The Hall–Kier alpha value is -2.62. The molecule has 4 heteroatoms. The van der Waals surface area contributed by atoms with E-state index >= 15 is 0 Å². The number of nitrogen functional groups attached to an aromatic ring is 1. The molecule has 25 heavy (non-hydrogen) atoms. The second kappa shape index (κ2) is 6.71. The summed E-state index contributed by atoms with van der Waals surface area (Å²) >= 11 is 0. The Morgan fingerprint density at radius 2 is 2.12 bits per heavy atom. The van der Waals surface area contributed by atoms with Crippen molar-refractivity contribution < 1.29 is 0 Å². The fourth-order valence-electron chi connectivity index (χ4n) is 3.44. The molecule has 0 amide bonds. The lowest BCUT2D eigenvalue weighted by atomic mass is 9.97. The maximum absolute atomic E-state index is 6.30. The van der Waals surface area contributed by atoms with E-state index in [1.54, 1.807) is 6.33 Å². The Labute approximate surface area is 148 Å². The summed E-state index contributed by atoms with van der Waals surface area (Å²) in [6.45, 7) is 2.15. The smallest absolute Gasteiger partial charge is 0.135 e. The van der Waals surface area contributed by atoms with Crippen LogP contribution in [0.5, 0.6) is 0 Å². The molecular weight excluding hydrogens is 308 g/mol. The zero-order chi connectivity index (χ0) is 17.2. The first kappa shape index (κ1) is 15.9. The summed E-state index contributed by atoms with van der Waals surface area (Å²) in [6.07, 6.45) is 9.62. The number of hydrogen-bond donors (Lipinski definition) is 2. The number of anilines is 1. The second-order valence-corrected chi connectivity index (χ2v) is 6.86. The van der Waals surface area contributed by atoms with Gasteiger partial charge in [-0.3, -0.25) is 0 Å². The van der Waals surface area contributed by atoms with E-state index in [-0.39, 0.29) is 0 Å². The highest BCUT2D eigenvalue weighted by atomic mass is 14.9. The summed E-state index contributed by atoms with van der Waals surface area (Å²) in [4.78, 5) is 12.4. The summed E-state index contributed by atoms with van der Waals surface area (Å²) < 4.78 is 0. The van der Waals surface area contributed by atoms with Gasteiger partial charge in [-0.25, -0.2) is 9.97 Å². The van der Waals surface area contributed by atoms with Crippen LogP contribution in [0, 0.1) is 5.92 Å². The number of rotatable bonds is 6. The number of H-pyrrole nitrogens is 1. The molecule has 1 fully saturated rings. The molecule has 4 nitrogen and oxygen atoms in total. The van der Waals surface area contributed by atoms with Gasteiger partial charge < -0.3 is 10.7 Å². The van der Waals surface area contributed by atoms with Crippen molar-refractivity contribution in [3.8, 4) is 0 Å². The summed E-state index contributed by atoms with van der Waals surface area (Å²) in [5.41, 5.74) is 11.7. The minimum Gasteiger partial charge on any atom is -0.383 e. The lowest BCUT2D eigenvalue weighted by Crippen LogP contribution is -2.06. The van der Waals surface area contributed by atoms with E-state index in [0.717, 1.165) is 46.8 Å². The van der Waals surface area contributed by atoms with Gasteiger partial charge in [-0.15, -0.1) is 0 Å². The van der Waals surface area contributed by atoms with Crippen molar-refractivity contribution in [1.82, 2.24) is 15.0 Å². The van der Waals surface area contributed by atoms with Crippen molar-refractivity contribution >= 4 is 22.3 Å². The van der Waals surface area contributed by atoms with E-state index in [9.17, 15) is 0 Å². The minimum atomic E-state index is 0.569. The monoisotopic (exact) mass is 332 g/mol. The number of hydrogen-bond acceptors (Lipinski definition) is 3. The predicted molar refractivity (Wildman–Crippen MR) is 103 cm³/mol. The SMILES string of the molecule is CC/C=C(/c1cc2ccccc2[nH]1)c1c(N)ncnc1CCC1CC1. The van der Waals surface area contributed by atoms with Crippen LogP contribution in [0.15, 0.2) is 42.7 Å². The van der Waals surface area contributed by atoms with Crippen LogP contribution in [0.4, 0.5) is 5.82 Å². The molecule has 3 aromatic rings. The Bertz CT molecular complexity index is 886. The zero-order valence-electron chi connectivity index (χ0n) is 14.6. The summed E-state index contributed by atoms with van der Waals surface area (Å²) in [5, 5.41) is 1.20. The topological polar surface area (TPSA) is 67.6 Å². The molecule has 1 aliphatic carbocycles. The lowest BCUT2D eigenvalue weighted by molar-refractivity contribution is 0.711. The fraction of sp³-hybridized carbons (Fsp3) is 0.333. The average Bonchev–Trinajstić information content (AvgIpc) is 3.35. The Morgan fingerprint density at radius 1 is 1.28 bits per heavy atom. The van der Waals surface area contributed by atoms with Gasteiger partial charge in [-0.1, -0.05) is 44.0 Å². The van der Waals surface area contributed by atoms with Gasteiger partial charge in [0.25, 0.3) is 0 Å². The molecular formula is C21H24N4. The van der Waals surface area contributed by atoms with Crippen LogP contribution < -0.4 is 5.73 Å². The number of fused-ring (bicyclic) bond motifs is 1. The van der Waals surface area contributed by atoms with Crippen molar-refractivity contribution in [1.29, 1.82) is 0 Å². The quantitative estimate of drug-likeness (QED) is 0.686. The van der Waals surface area contributed by atoms with E-state index < -0.39 is 0 Å². The van der Waals surface area contributed by atoms with E-state index in [1.165, 1.54) is 24.6 Å². The van der Waals surface area contributed by atoms with Crippen molar-refractivity contribution in [3.63, 3.8) is 0 Å².